The van der Waals surface area contributed by atoms with Crippen LogP contribution in [-0.4, -0.2) is 36.8 Å². The highest BCUT2D eigenvalue weighted by molar-refractivity contribution is 6.29. The van der Waals surface area contributed by atoms with E-state index in [-0.39, 0.29) is 18.1 Å². The largest absolute Gasteiger partial charge is 0.489 e. The van der Waals surface area contributed by atoms with Crippen LogP contribution in [-0.2, 0) is 9.53 Å². The fourth-order valence-corrected chi connectivity index (χ4v) is 2.80. The number of methoxy groups -OCH3 is 1. The van der Waals surface area contributed by atoms with Crippen molar-refractivity contribution in [1.82, 2.24) is 10.3 Å². The smallest absolute Gasteiger partial charge is 0.323 e. The molecule has 1 aromatic carbocycles. The van der Waals surface area contributed by atoms with Gasteiger partial charge < -0.3 is 14.8 Å². The van der Waals surface area contributed by atoms with Gasteiger partial charge in [0, 0.05) is 30.7 Å². The molecule has 120 valence electrons. The lowest BCUT2D eigenvalue weighted by atomic mass is 10.1. The first-order valence-corrected chi connectivity index (χ1v) is 7.74. The van der Waals surface area contributed by atoms with Crippen LogP contribution in [0.2, 0.25) is 5.15 Å². The van der Waals surface area contributed by atoms with Gasteiger partial charge in [0.1, 0.15) is 23.0 Å². The lowest BCUT2D eigenvalue weighted by Gasteiger charge is -2.14. The normalized spacial score (nSPS) is 20.3. The molecule has 1 N–H and O–H groups in total. The van der Waals surface area contributed by atoms with Crippen molar-refractivity contribution in [3.63, 3.8) is 0 Å². The van der Waals surface area contributed by atoms with Crippen molar-refractivity contribution < 1.29 is 14.3 Å². The summed E-state index contributed by atoms with van der Waals surface area (Å²) in [6, 6.07) is 13.0. The first-order chi connectivity index (χ1) is 11.2. The fourth-order valence-electron chi connectivity index (χ4n) is 2.61. The van der Waals surface area contributed by atoms with Gasteiger partial charge in [0.15, 0.2) is 0 Å². The van der Waals surface area contributed by atoms with E-state index in [4.69, 9.17) is 21.1 Å². The highest BCUT2D eigenvalue weighted by atomic mass is 35.5. The maximum Gasteiger partial charge on any atom is 0.323 e. The third-order valence-electron chi connectivity index (χ3n) is 3.72. The minimum Gasteiger partial charge on any atom is -0.489 e. The number of nitrogens with one attached hydrogen (secondary N) is 1. The average molecular weight is 333 g/mol. The molecule has 5 nitrogen and oxygen atoms in total. The molecule has 6 heteroatoms. The van der Waals surface area contributed by atoms with Crippen molar-refractivity contribution >= 4 is 17.6 Å². The van der Waals surface area contributed by atoms with Crippen molar-refractivity contribution in [2.75, 3.05) is 13.7 Å². The second kappa shape index (κ2) is 6.98. The zero-order chi connectivity index (χ0) is 16.2. The van der Waals surface area contributed by atoms with Crippen LogP contribution < -0.4 is 10.1 Å². The van der Waals surface area contributed by atoms with Crippen LogP contribution in [0.1, 0.15) is 6.42 Å². The van der Waals surface area contributed by atoms with Crippen LogP contribution in [0.4, 0.5) is 0 Å². The van der Waals surface area contributed by atoms with E-state index in [0.29, 0.717) is 23.9 Å². The van der Waals surface area contributed by atoms with Crippen molar-refractivity contribution in [3.8, 4) is 17.0 Å². The van der Waals surface area contributed by atoms with Crippen molar-refractivity contribution in [2.45, 2.75) is 18.6 Å². The molecule has 1 unspecified atom stereocenters. The molecule has 0 spiro atoms. The Morgan fingerprint density at radius 2 is 2.09 bits per heavy atom. The monoisotopic (exact) mass is 332 g/mol. The minimum absolute atomic E-state index is 0.110. The molecule has 0 amide bonds. The van der Waals surface area contributed by atoms with Gasteiger partial charge in [-0.05, 0) is 0 Å². The lowest BCUT2D eigenvalue weighted by Crippen LogP contribution is -2.31. The number of benzene rings is 1. The second-order valence-corrected chi connectivity index (χ2v) is 5.72. The van der Waals surface area contributed by atoms with E-state index in [1.54, 1.807) is 6.07 Å². The van der Waals surface area contributed by atoms with Crippen LogP contribution in [0.3, 0.4) is 0 Å². The van der Waals surface area contributed by atoms with Crippen molar-refractivity contribution in [1.29, 1.82) is 0 Å². The van der Waals surface area contributed by atoms with Crippen molar-refractivity contribution in [3.05, 3.63) is 47.6 Å². The Labute approximate surface area is 139 Å². The highest BCUT2D eigenvalue weighted by Crippen LogP contribution is 2.27. The van der Waals surface area contributed by atoms with Crippen LogP contribution in [0.25, 0.3) is 11.3 Å². The number of carbonyl (C=O) groups is 1. The molecule has 23 heavy (non-hydrogen) atoms. The summed E-state index contributed by atoms with van der Waals surface area (Å²) in [5, 5.41) is 3.46. The zero-order valence-electron chi connectivity index (χ0n) is 12.7. The van der Waals surface area contributed by atoms with E-state index < -0.39 is 0 Å². The maximum absolute atomic E-state index is 11.5. The van der Waals surface area contributed by atoms with E-state index in [0.717, 1.165) is 11.3 Å². The first-order valence-electron chi connectivity index (χ1n) is 7.36. The summed E-state index contributed by atoms with van der Waals surface area (Å²) >= 11 is 6.11. The van der Waals surface area contributed by atoms with E-state index in [2.05, 4.69) is 10.3 Å². The predicted molar refractivity (Wildman–Crippen MR) is 87.5 cm³/mol. The molecule has 1 aliphatic rings. The third kappa shape index (κ3) is 3.81. The molecular weight excluding hydrogens is 316 g/mol. The second-order valence-electron chi connectivity index (χ2n) is 5.34. The van der Waals surface area contributed by atoms with Crippen LogP contribution >= 0.6 is 11.6 Å². The average Bonchev–Trinajstić information content (AvgIpc) is 3.03. The van der Waals surface area contributed by atoms with Gasteiger partial charge in [0.05, 0.1) is 12.8 Å². The van der Waals surface area contributed by atoms with Gasteiger partial charge >= 0.3 is 5.97 Å². The molecule has 1 aromatic heterocycles. The topological polar surface area (TPSA) is 60.5 Å². The number of nitrogens with zero attached hydrogens (tertiary/aromatic N) is 1. The Morgan fingerprint density at radius 1 is 1.30 bits per heavy atom. The lowest BCUT2D eigenvalue weighted by molar-refractivity contribution is -0.142. The van der Waals surface area contributed by atoms with E-state index in [1.165, 1.54) is 7.11 Å². The van der Waals surface area contributed by atoms with Gasteiger partial charge in [-0.1, -0.05) is 41.9 Å². The third-order valence-corrected chi connectivity index (χ3v) is 3.91. The van der Waals surface area contributed by atoms with Gasteiger partial charge in [0.2, 0.25) is 0 Å². The molecule has 0 bridgehead atoms. The standard InChI is InChI=1S/C17H17ClN2O3/c1-22-17(21)15-8-13(10-19-15)23-12-7-14(20-16(18)9-12)11-5-3-2-4-6-11/h2-7,9,13,15,19H,8,10H2,1H3/t13?,15-/m0/s1. The maximum atomic E-state index is 11.5. The number of aromatic nitrogens is 1. The molecule has 2 aromatic rings. The number of halogens is 1. The molecular formula is C17H17ClN2O3. The van der Waals surface area contributed by atoms with E-state index >= 15 is 0 Å². The van der Waals surface area contributed by atoms with Crippen molar-refractivity contribution in [2.24, 2.45) is 0 Å². The number of esters is 1. The summed E-state index contributed by atoms with van der Waals surface area (Å²) < 4.78 is 10.7. The van der Waals surface area contributed by atoms with Crippen LogP contribution in [0.15, 0.2) is 42.5 Å². The zero-order valence-corrected chi connectivity index (χ0v) is 13.4. The molecule has 2 atom stereocenters. The number of hydrogen-bond acceptors (Lipinski definition) is 5. The van der Waals surface area contributed by atoms with Crippen LogP contribution in [0.5, 0.6) is 5.75 Å². The number of pyridine rings is 1. The summed E-state index contributed by atoms with van der Waals surface area (Å²) in [5.74, 6) is 0.370. The molecule has 0 radical (unpaired) electrons. The molecule has 0 aliphatic carbocycles. The highest BCUT2D eigenvalue weighted by Gasteiger charge is 2.31. The quantitative estimate of drug-likeness (QED) is 0.689. The molecule has 1 fully saturated rings. The molecule has 3 rings (SSSR count). The summed E-state index contributed by atoms with van der Waals surface area (Å²) in [6.45, 7) is 0.584. The Morgan fingerprint density at radius 3 is 2.83 bits per heavy atom. The summed E-state index contributed by atoms with van der Waals surface area (Å²) in [7, 11) is 1.38. The van der Waals surface area contributed by atoms with Crippen LogP contribution in [0, 0.1) is 0 Å². The Bertz CT molecular complexity index is 693. The number of ether oxygens (including phenoxy) is 2. The summed E-state index contributed by atoms with van der Waals surface area (Å²) in [5.41, 5.74) is 1.72. The molecule has 2 heterocycles. The van der Waals surface area contributed by atoms with E-state index in [9.17, 15) is 4.79 Å². The van der Waals surface area contributed by atoms with Gasteiger partial charge in [-0.3, -0.25) is 4.79 Å². The molecule has 0 saturated carbocycles. The fraction of sp³-hybridized carbons (Fsp3) is 0.294. The minimum atomic E-state index is -0.323. The molecule has 1 saturated heterocycles. The SMILES string of the molecule is COC(=O)[C@@H]1CC(Oc2cc(Cl)nc(-c3ccccc3)c2)CN1. The Kier molecular flexibility index (Phi) is 4.79. The number of carbonyl (C=O) groups excluding carboxylic acids is 1. The van der Waals surface area contributed by atoms with Gasteiger partial charge in [0.25, 0.3) is 0 Å². The Balaban J connectivity index is 1.74. The van der Waals surface area contributed by atoms with Gasteiger partial charge in [-0.15, -0.1) is 0 Å². The first kappa shape index (κ1) is 15.8. The Hall–Kier alpha value is -2.11. The van der Waals surface area contributed by atoms with E-state index in [1.807, 2.05) is 36.4 Å². The number of rotatable bonds is 4. The number of hydrogen-bond donors (Lipinski definition) is 1. The van der Waals surface area contributed by atoms with Gasteiger partial charge in [-0.25, -0.2) is 4.98 Å². The van der Waals surface area contributed by atoms with Gasteiger partial charge in [-0.2, -0.15) is 0 Å². The summed E-state index contributed by atoms with van der Waals surface area (Å²) in [4.78, 5) is 15.9. The predicted octanol–water partition coefficient (Wildman–Crippen LogP) is 2.68. The summed E-state index contributed by atoms with van der Waals surface area (Å²) in [6.07, 6.45) is 0.453. The molecule has 1 aliphatic heterocycles.